The van der Waals surface area contributed by atoms with Crippen molar-refractivity contribution >= 4 is 23.2 Å². The Morgan fingerprint density at radius 3 is 2.39 bits per heavy atom. The summed E-state index contributed by atoms with van der Waals surface area (Å²) < 4.78 is 0. The summed E-state index contributed by atoms with van der Waals surface area (Å²) in [6.07, 6.45) is 3.50. The number of rotatable bonds is 5. The lowest BCUT2D eigenvalue weighted by Gasteiger charge is -2.48. The van der Waals surface area contributed by atoms with E-state index in [9.17, 15) is 0 Å². The Balaban J connectivity index is 2.24. The Labute approximate surface area is 120 Å². The Morgan fingerprint density at radius 2 is 1.89 bits per heavy atom. The lowest BCUT2D eigenvalue weighted by atomic mass is 9.59. The molecule has 2 rings (SSSR count). The van der Waals surface area contributed by atoms with Crippen LogP contribution in [0.15, 0.2) is 18.2 Å². The van der Waals surface area contributed by atoms with Crippen molar-refractivity contribution in [2.45, 2.75) is 38.5 Å². The molecule has 1 saturated carbocycles. The van der Waals surface area contributed by atoms with Crippen LogP contribution in [0, 0.1) is 5.92 Å². The predicted molar refractivity (Wildman–Crippen MR) is 79.7 cm³/mol. The Kier molecular flexibility index (Phi) is 4.58. The van der Waals surface area contributed by atoms with E-state index in [-0.39, 0.29) is 5.41 Å². The molecule has 1 aromatic carbocycles. The fourth-order valence-corrected chi connectivity index (χ4v) is 4.02. The van der Waals surface area contributed by atoms with Gasteiger partial charge >= 0.3 is 0 Å². The molecule has 0 amide bonds. The highest BCUT2D eigenvalue weighted by molar-refractivity contribution is 6.36. The average molecular weight is 286 g/mol. The number of hydrogen-bond acceptors (Lipinski definition) is 1. The highest BCUT2D eigenvalue weighted by atomic mass is 35.5. The average Bonchev–Trinajstić information content (AvgIpc) is 2.27. The van der Waals surface area contributed by atoms with Gasteiger partial charge < -0.3 is 5.32 Å². The third-order valence-electron chi connectivity index (χ3n) is 3.86. The van der Waals surface area contributed by atoms with Crippen LogP contribution in [-0.4, -0.2) is 13.1 Å². The second-order valence-corrected chi connectivity index (χ2v) is 6.38. The summed E-state index contributed by atoms with van der Waals surface area (Å²) in [5, 5.41) is 5.16. The van der Waals surface area contributed by atoms with Gasteiger partial charge in [-0.05, 0) is 49.4 Å². The molecular formula is C15H21Cl2N. The Bertz CT molecular complexity index is 391. The summed E-state index contributed by atoms with van der Waals surface area (Å²) in [6.45, 7) is 6.52. The molecule has 0 saturated heterocycles. The summed E-state index contributed by atoms with van der Waals surface area (Å²) in [5.74, 6) is 0.765. The van der Waals surface area contributed by atoms with E-state index in [2.05, 4.69) is 19.2 Å². The third-order valence-corrected chi connectivity index (χ3v) is 4.49. The largest absolute Gasteiger partial charge is 0.316 e. The van der Waals surface area contributed by atoms with Gasteiger partial charge in [0.1, 0.15) is 0 Å². The van der Waals surface area contributed by atoms with Crippen LogP contribution in [0.25, 0.3) is 0 Å². The van der Waals surface area contributed by atoms with Gasteiger partial charge in [0.25, 0.3) is 0 Å². The number of nitrogens with one attached hydrogen (secondary N) is 1. The van der Waals surface area contributed by atoms with E-state index in [1.165, 1.54) is 12.8 Å². The normalized spacial score (nSPS) is 27.0. The van der Waals surface area contributed by atoms with Crippen LogP contribution >= 0.6 is 23.2 Å². The molecule has 1 aromatic rings. The fourth-order valence-electron chi connectivity index (χ4n) is 3.22. The smallest absolute Gasteiger partial charge is 0.0459 e. The summed E-state index contributed by atoms with van der Waals surface area (Å²) in [4.78, 5) is 0. The first kappa shape index (κ1) is 14.2. The second-order valence-electron chi connectivity index (χ2n) is 5.57. The Hall–Kier alpha value is -0.240. The molecule has 0 bridgehead atoms. The molecule has 1 aliphatic carbocycles. The minimum absolute atomic E-state index is 0.143. The van der Waals surface area contributed by atoms with Crippen LogP contribution in [0.1, 0.15) is 38.7 Å². The van der Waals surface area contributed by atoms with E-state index in [4.69, 9.17) is 23.2 Å². The molecular weight excluding hydrogens is 265 g/mol. The first-order valence-corrected chi connectivity index (χ1v) is 7.50. The molecule has 3 heteroatoms. The molecule has 100 valence electrons. The van der Waals surface area contributed by atoms with Gasteiger partial charge in [0, 0.05) is 22.0 Å². The first-order chi connectivity index (χ1) is 8.59. The highest BCUT2D eigenvalue weighted by Crippen LogP contribution is 2.51. The van der Waals surface area contributed by atoms with Crippen LogP contribution in [0.3, 0.4) is 0 Å². The maximum atomic E-state index is 6.37. The minimum atomic E-state index is 0.143. The number of hydrogen-bond donors (Lipinski definition) is 1. The molecule has 0 aliphatic heterocycles. The Morgan fingerprint density at radius 1 is 1.28 bits per heavy atom. The van der Waals surface area contributed by atoms with Gasteiger partial charge in [-0.25, -0.2) is 0 Å². The van der Waals surface area contributed by atoms with E-state index in [1.807, 2.05) is 18.2 Å². The van der Waals surface area contributed by atoms with Crippen LogP contribution in [0.5, 0.6) is 0 Å². The monoisotopic (exact) mass is 285 g/mol. The van der Waals surface area contributed by atoms with Gasteiger partial charge in [0.05, 0.1) is 0 Å². The zero-order valence-corrected chi connectivity index (χ0v) is 12.6. The van der Waals surface area contributed by atoms with Crippen molar-refractivity contribution < 1.29 is 0 Å². The van der Waals surface area contributed by atoms with Gasteiger partial charge in [-0.3, -0.25) is 0 Å². The van der Waals surface area contributed by atoms with Crippen molar-refractivity contribution in [3.8, 4) is 0 Å². The van der Waals surface area contributed by atoms with Crippen molar-refractivity contribution in [1.29, 1.82) is 0 Å². The van der Waals surface area contributed by atoms with Gasteiger partial charge in [-0.1, -0.05) is 43.1 Å². The van der Waals surface area contributed by atoms with Crippen LogP contribution in [0.2, 0.25) is 10.0 Å². The van der Waals surface area contributed by atoms with Crippen molar-refractivity contribution in [2.24, 2.45) is 5.92 Å². The van der Waals surface area contributed by atoms with Crippen LogP contribution in [-0.2, 0) is 5.41 Å². The predicted octanol–water partition coefficient (Wildman–Crippen LogP) is 4.66. The summed E-state index contributed by atoms with van der Waals surface area (Å²) in [5.41, 5.74) is 1.29. The van der Waals surface area contributed by atoms with Crippen molar-refractivity contribution in [3.63, 3.8) is 0 Å². The minimum Gasteiger partial charge on any atom is -0.316 e. The maximum Gasteiger partial charge on any atom is 0.0459 e. The summed E-state index contributed by atoms with van der Waals surface area (Å²) >= 11 is 12.7. The van der Waals surface area contributed by atoms with Gasteiger partial charge in [-0.2, -0.15) is 0 Å². The van der Waals surface area contributed by atoms with Crippen molar-refractivity contribution in [2.75, 3.05) is 13.1 Å². The zero-order valence-electron chi connectivity index (χ0n) is 11.1. The molecule has 0 aromatic heterocycles. The quantitative estimate of drug-likeness (QED) is 0.776. The van der Waals surface area contributed by atoms with Crippen molar-refractivity contribution in [1.82, 2.24) is 5.32 Å². The second kappa shape index (κ2) is 5.81. The fraction of sp³-hybridized carbons (Fsp3) is 0.600. The lowest BCUT2D eigenvalue weighted by Crippen LogP contribution is -2.48. The molecule has 1 aliphatic rings. The first-order valence-electron chi connectivity index (χ1n) is 6.74. The molecule has 1 fully saturated rings. The summed E-state index contributed by atoms with van der Waals surface area (Å²) in [6, 6.07) is 5.82. The number of benzene rings is 1. The molecule has 0 spiro atoms. The van der Waals surface area contributed by atoms with Gasteiger partial charge in [-0.15, -0.1) is 0 Å². The molecule has 1 N–H and O–H groups in total. The SMILES string of the molecule is CCCNCC1(c2c(Cl)cccc2Cl)CC(C)C1. The highest BCUT2D eigenvalue weighted by Gasteiger charge is 2.45. The molecule has 18 heavy (non-hydrogen) atoms. The molecule has 1 nitrogen and oxygen atoms in total. The van der Waals surface area contributed by atoms with E-state index in [1.54, 1.807) is 0 Å². The number of halogens is 2. The van der Waals surface area contributed by atoms with E-state index < -0.39 is 0 Å². The van der Waals surface area contributed by atoms with E-state index >= 15 is 0 Å². The van der Waals surface area contributed by atoms with Crippen LogP contribution < -0.4 is 5.32 Å². The zero-order chi connectivity index (χ0) is 13.2. The standard InChI is InChI=1S/C15H21Cl2N/c1-3-7-18-10-15(8-11(2)9-15)14-12(16)5-4-6-13(14)17/h4-6,11,18H,3,7-10H2,1-2H3. The topological polar surface area (TPSA) is 12.0 Å². The molecule has 0 unspecified atom stereocenters. The van der Waals surface area contributed by atoms with Crippen LogP contribution in [0.4, 0.5) is 0 Å². The van der Waals surface area contributed by atoms with Gasteiger partial charge in [0.15, 0.2) is 0 Å². The maximum absolute atomic E-state index is 6.37. The van der Waals surface area contributed by atoms with E-state index in [0.29, 0.717) is 0 Å². The van der Waals surface area contributed by atoms with Crippen molar-refractivity contribution in [3.05, 3.63) is 33.8 Å². The molecule has 0 radical (unpaired) electrons. The lowest BCUT2D eigenvalue weighted by molar-refractivity contribution is 0.153. The van der Waals surface area contributed by atoms with Gasteiger partial charge in [0.2, 0.25) is 0 Å². The molecule has 0 atom stereocenters. The summed E-state index contributed by atoms with van der Waals surface area (Å²) in [7, 11) is 0. The molecule has 0 heterocycles. The van der Waals surface area contributed by atoms with E-state index in [0.717, 1.165) is 41.0 Å². The third kappa shape index (κ3) is 2.68.